The van der Waals surface area contributed by atoms with Crippen molar-refractivity contribution >= 4 is 23.6 Å². The Hall–Kier alpha value is -6.18. The number of nitrogens with one attached hydrogen (secondary N) is 4. The van der Waals surface area contributed by atoms with Crippen molar-refractivity contribution in [2.75, 3.05) is 6.54 Å². The number of carbonyl (C=O) groups excluding carboxylic acids is 4. The number of hydrogen-bond acceptors (Lipinski definition) is 8. The van der Waals surface area contributed by atoms with Gasteiger partial charge in [0.25, 0.3) is 5.91 Å². The van der Waals surface area contributed by atoms with E-state index in [4.69, 9.17) is 0 Å². The second kappa shape index (κ2) is 22.1. The summed E-state index contributed by atoms with van der Waals surface area (Å²) in [6.07, 6.45) is -10.0. The quantitative estimate of drug-likeness (QED) is 0.0425. The van der Waals surface area contributed by atoms with Gasteiger partial charge in [-0.3, -0.25) is 24.6 Å². The van der Waals surface area contributed by atoms with Crippen molar-refractivity contribution in [3.63, 3.8) is 0 Å². The molecule has 14 nitrogen and oxygen atoms in total. The lowest BCUT2D eigenvalue weighted by Gasteiger charge is -2.38. The van der Waals surface area contributed by atoms with Crippen LogP contribution in [-0.4, -0.2) is 96.4 Å². The van der Waals surface area contributed by atoms with Crippen LogP contribution in [0.15, 0.2) is 61.2 Å². The highest BCUT2D eigenvalue weighted by Gasteiger charge is 2.57. The Morgan fingerprint density at radius 2 is 1.10 bits per heavy atom. The number of aromatic nitrogens is 4. The van der Waals surface area contributed by atoms with E-state index in [0.717, 1.165) is 24.8 Å². The standard InChI is InChI=1S/C43H49F12N9O5/c1-7-32(66)59-34(40(3,4)42(50,51)52)36(68)58-30(13-22-9-11-23(12-10-22)25-16-56-63(18-25)38(46)47)31(65)21-62(61-37(69)35(60-33(67)8-2)41(5,6)43(53,54)55)20-27-28(44)14-24(15-29(27)45)26-17-57-64(19-26)39(48)49/h9-12,14-19,30-31,34-35,38-39,65H,7-8,13,20-21H2,1-6H3,(H,58,68)(H,59,66)(H,60,67)(H,61,69). The molecule has 4 unspecified atom stereocenters. The molecule has 0 radical (unpaired) electrons. The summed E-state index contributed by atoms with van der Waals surface area (Å²) in [5.74, 6) is -8.00. The Kier molecular flexibility index (Phi) is 17.7. The van der Waals surface area contributed by atoms with Crippen LogP contribution in [0.4, 0.5) is 52.7 Å². The lowest BCUT2D eigenvalue weighted by Crippen LogP contribution is -2.63. The maximum absolute atomic E-state index is 15.9. The SMILES string of the molecule is CCC(=O)NC(C(=O)NC(Cc1ccc(-c2cnn(C(F)F)c2)cc1)C(O)CN(Cc1c(F)cc(-c2cnn(C(F)F)c2)cc1F)NC(=O)C(NC(=O)CC)C(C)(C)C(F)(F)F)C(C)(C)C(F)(F)F. The van der Waals surface area contributed by atoms with Crippen LogP contribution in [0.1, 0.15) is 78.6 Å². The summed E-state index contributed by atoms with van der Waals surface area (Å²) in [5.41, 5.74) is -4.66. The predicted octanol–water partition coefficient (Wildman–Crippen LogP) is 7.37. The molecule has 380 valence electrons. The van der Waals surface area contributed by atoms with Gasteiger partial charge in [-0.15, -0.1) is 0 Å². The van der Waals surface area contributed by atoms with E-state index in [0.29, 0.717) is 55.1 Å². The third-order valence-electron chi connectivity index (χ3n) is 11.3. The molecule has 0 aliphatic carbocycles. The smallest absolute Gasteiger partial charge is 0.390 e. The van der Waals surface area contributed by atoms with Crippen molar-refractivity contribution < 1.29 is 77.0 Å². The van der Waals surface area contributed by atoms with Crippen molar-refractivity contribution in [1.29, 1.82) is 0 Å². The molecule has 0 saturated heterocycles. The lowest BCUT2D eigenvalue weighted by atomic mass is 9.82. The van der Waals surface area contributed by atoms with Gasteiger partial charge >= 0.3 is 25.5 Å². The maximum atomic E-state index is 15.9. The van der Waals surface area contributed by atoms with Crippen LogP contribution in [0.3, 0.4) is 0 Å². The molecule has 0 spiro atoms. The average Bonchev–Trinajstić information content (AvgIpc) is 3.97. The summed E-state index contributed by atoms with van der Waals surface area (Å²) in [7, 11) is 0. The van der Waals surface area contributed by atoms with Crippen molar-refractivity contribution in [3.8, 4) is 22.3 Å². The first-order valence-electron chi connectivity index (χ1n) is 20.9. The summed E-state index contributed by atoms with van der Waals surface area (Å²) in [6.45, 7) is -3.44. The highest BCUT2D eigenvalue weighted by atomic mass is 19.4. The molecule has 0 bridgehead atoms. The van der Waals surface area contributed by atoms with Crippen molar-refractivity contribution in [2.24, 2.45) is 10.8 Å². The molecule has 0 aliphatic heterocycles. The first-order valence-corrected chi connectivity index (χ1v) is 20.9. The molecule has 5 N–H and O–H groups in total. The van der Waals surface area contributed by atoms with E-state index in [9.17, 15) is 68.2 Å². The molecule has 4 atom stereocenters. The van der Waals surface area contributed by atoms with E-state index < -0.39 is 127 Å². The molecule has 4 amide bonds. The number of hydrogen-bond donors (Lipinski definition) is 5. The minimum Gasteiger partial charge on any atom is -0.390 e. The van der Waals surface area contributed by atoms with Gasteiger partial charge in [0.1, 0.15) is 23.7 Å². The summed E-state index contributed by atoms with van der Waals surface area (Å²) in [6, 6.07) is 0.292. The van der Waals surface area contributed by atoms with Crippen LogP contribution >= 0.6 is 0 Å². The minimum atomic E-state index is -5.19. The van der Waals surface area contributed by atoms with Gasteiger partial charge in [-0.25, -0.2) is 23.2 Å². The Morgan fingerprint density at radius 1 is 0.667 bits per heavy atom. The average molecular weight is 1000 g/mol. The zero-order chi connectivity index (χ0) is 52.0. The molecule has 69 heavy (non-hydrogen) atoms. The van der Waals surface area contributed by atoms with Gasteiger partial charge in [0.2, 0.25) is 17.7 Å². The lowest BCUT2D eigenvalue weighted by molar-refractivity contribution is -0.222. The summed E-state index contributed by atoms with van der Waals surface area (Å²) >= 11 is 0. The van der Waals surface area contributed by atoms with E-state index in [1.54, 1.807) is 0 Å². The zero-order valence-corrected chi connectivity index (χ0v) is 37.6. The molecular weight excluding hydrogens is 951 g/mol. The fraction of sp³-hybridized carbons (Fsp3) is 0.488. The van der Waals surface area contributed by atoms with Gasteiger partial charge in [-0.2, -0.15) is 54.1 Å². The zero-order valence-electron chi connectivity index (χ0n) is 37.6. The minimum absolute atomic E-state index is 0.180. The number of halogens is 12. The number of amides is 4. The molecule has 26 heteroatoms. The fourth-order valence-electron chi connectivity index (χ4n) is 6.66. The van der Waals surface area contributed by atoms with Gasteiger partial charge in [-0.05, 0) is 62.9 Å². The number of hydrazine groups is 1. The Balaban J connectivity index is 1.83. The van der Waals surface area contributed by atoms with Gasteiger partial charge < -0.3 is 21.1 Å². The molecular formula is C43H49F12N9O5. The molecule has 0 fully saturated rings. The summed E-state index contributed by atoms with van der Waals surface area (Å²) in [4.78, 5) is 52.8. The summed E-state index contributed by atoms with van der Waals surface area (Å²) < 4.78 is 172. The third kappa shape index (κ3) is 13.5. The largest absolute Gasteiger partial charge is 0.396 e. The predicted molar refractivity (Wildman–Crippen MR) is 222 cm³/mol. The van der Waals surface area contributed by atoms with Gasteiger partial charge in [0, 0.05) is 55.0 Å². The van der Waals surface area contributed by atoms with Gasteiger partial charge in [-0.1, -0.05) is 38.1 Å². The number of benzene rings is 2. The molecule has 4 aromatic rings. The van der Waals surface area contributed by atoms with E-state index >= 15 is 8.78 Å². The Morgan fingerprint density at radius 3 is 1.51 bits per heavy atom. The Bertz CT molecular complexity index is 2400. The topological polar surface area (TPSA) is 176 Å². The van der Waals surface area contributed by atoms with E-state index in [1.807, 2.05) is 16.1 Å². The third-order valence-corrected chi connectivity index (χ3v) is 11.3. The van der Waals surface area contributed by atoms with E-state index in [1.165, 1.54) is 38.1 Å². The van der Waals surface area contributed by atoms with Crippen LogP contribution in [-0.2, 0) is 32.1 Å². The number of rotatable bonds is 21. The Labute approximate surface area is 386 Å². The first-order chi connectivity index (χ1) is 31.9. The molecule has 4 rings (SSSR count). The number of aliphatic hydroxyl groups is 1. The van der Waals surface area contributed by atoms with E-state index in [2.05, 4.69) is 15.5 Å². The van der Waals surface area contributed by atoms with E-state index in [-0.39, 0.29) is 33.4 Å². The van der Waals surface area contributed by atoms with Gasteiger partial charge in [0.05, 0.1) is 35.4 Å². The van der Waals surface area contributed by atoms with Gasteiger partial charge in [0.15, 0.2) is 0 Å². The first kappa shape index (κ1) is 55.4. The second-order valence-electron chi connectivity index (χ2n) is 17.0. The monoisotopic (exact) mass is 999 g/mol. The normalized spacial score (nSPS) is 14.4. The molecule has 0 saturated carbocycles. The number of nitrogens with zero attached hydrogens (tertiary/aromatic N) is 5. The molecule has 0 aliphatic rings. The molecule has 2 heterocycles. The van der Waals surface area contributed by atoms with Crippen LogP contribution in [0, 0.1) is 22.5 Å². The van der Waals surface area contributed by atoms with Crippen LogP contribution in [0.5, 0.6) is 0 Å². The number of carbonyl (C=O) groups is 4. The van der Waals surface area contributed by atoms with Crippen molar-refractivity contribution in [1.82, 2.24) is 45.9 Å². The second-order valence-corrected chi connectivity index (χ2v) is 17.0. The molecule has 2 aromatic carbocycles. The van der Waals surface area contributed by atoms with Crippen LogP contribution in [0.25, 0.3) is 22.3 Å². The molecule has 2 aromatic heterocycles. The van der Waals surface area contributed by atoms with Crippen molar-refractivity contribution in [2.45, 2.75) is 117 Å². The van der Waals surface area contributed by atoms with Crippen LogP contribution in [0.2, 0.25) is 0 Å². The maximum Gasteiger partial charge on any atom is 0.396 e. The highest BCUT2D eigenvalue weighted by molar-refractivity contribution is 5.89. The number of aliphatic hydroxyl groups excluding tert-OH is 1. The van der Waals surface area contributed by atoms with Crippen LogP contribution < -0.4 is 21.4 Å². The summed E-state index contributed by atoms with van der Waals surface area (Å²) in [5, 5.41) is 25.6. The number of alkyl halides is 10. The van der Waals surface area contributed by atoms with Crippen molar-refractivity contribution in [3.05, 3.63) is 83.9 Å². The fourth-order valence-corrected chi connectivity index (χ4v) is 6.66. The highest BCUT2D eigenvalue weighted by Crippen LogP contribution is 2.42.